The van der Waals surface area contributed by atoms with E-state index >= 15 is 0 Å². The summed E-state index contributed by atoms with van der Waals surface area (Å²) in [4.78, 5) is 4.10. The largest absolute Gasteiger partial charge is 0.491 e. The van der Waals surface area contributed by atoms with Gasteiger partial charge in [-0.25, -0.2) is 9.37 Å². The SMILES string of the molecule is Fc1ccc(CCC2(Cn3ccnc3)OCC(COc3ccc(Cl)cc3)O2)cc1. The molecule has 1 aliphatic heterocycles. The topological polar surface area (TPSA) is 45.5 Å². The number of halogens is 2. The lowest BCUT2D eigenvalue weighted by molar-refractivity contribution is -0.184. The van der Waals surface area contributed by atoms with Crippen molar-refractivity contribution in [1.82, 2.24) is 9.55 Å². The van der Waals surface area contributed by atoms with Crippen molar-refractivity contribution in [2.45, 2.75) is 31.3 Å². The molecule has 3 aromatic rings. The van der Waals surface area contributed by atoms with Crippen LogP contribution < -0.4 is 4.74 Å². The van der Waals surface area contributed by atoms with Crippen LogP contribution in [0.2, 0.25) is 5.02 Å². The van der Waals surface area contributed by atoms with Gasteiger partial charge in [0.2, 0.25) is 0 Å². The summed E-state index contributed by atoms with van der Waals surface area (Å²) in [5.41, 5.74) is 1.03. The minimum absolute atomic E-state index is 0.192. The Labute approximate surface area is 174 Å². The second-order valence-corrected chi connectivity index (χ2v) is 7.52. The number of imidazole rings is 1. The molecule has 2 unspecified atom stereocenters. The summed E-state index contributed by atoms with van der Waals surface area (Å²) in [5, 5.41) is 0.665. The van der Waals surface area contributed by atoms with Gasteiger partial charge in [-0.3, -0.25) is 0 Å². The zero-order valence-corrected chi connectivity index (χ0v) is 16.6. The summed E-state index contributed by atoms with van der Waals surface area (Å²) in [7, 11) is 0. The molecule has 0 saturated carbocycles. The molecule has 0 bridgehead atoms. The van der Waals surface area contributed by atoms with Gasteiger partial charge in [0.25, 0.3) is 0 Å². The van der Waals surface area contributed by atoms with Crippen molar-refractivity contribution in [1.29, 1.82) is 0 Å². The zero-order chi connectivity index (χ0) is 20.1. The highest BCUT2D eigenvalue weighted by molar-refractivity contribution is 6.30. The van der Waals surface area contributed by atoms with Gasteiger partial charge in [-0.15, -0.1) is 0 Å². The van der Waals surface area contributed by atoms with Gasteiger partial charge in [0.15, 0.2) is 5.79 Å². The summed E-state index contributed by atoms with van der Waals surface area (Å²) >= 11 is 5.91. The standard InChI is InChI=1S/C22H22ClFN2O3/c23-18-3-7-20(8-4-18)27-13-21-14-28-22(29-21,15-26-12-11-25-16-26)10-9-17-1-5-19(24)6-2-17/h1-8,11-12,16,21H,9-10,13-15H2. The molecule has 1 fully saturated rings. The van der Waals surface area contributed by atoms with Crippen LogP contribution in [0.4, 0.5) is 4.39 Å². The third kappa shape index (κ3) is 5.35. The Morgan fingerprint density at radius 3 is 2.69 bits per heavy atom. The van der Waals surface area contributed by atoms with E-state index in [-0.39, 0.29) is 11.9 Å². The Bertz CT molecular complexity index is 903. The third-order valence-corrected chi connectivity index (χ3v) is 5.11. The molecular formula is C22H22ClFN2O3. The Morgan fingerprint density at radius 2 is 1.97 bits per heavy atom. The van der Waals surface area contributed by atoms with E-state index in [0.717, 1.165) is 11.3 Å². The molecule has 1 aliphatic rings. The molecule has 1 aromatic heterocycles. The predicted molar refractivity (Wildman–Crippen MR) is 107 cm³/mol. The molecule has 0 amide bonds. The van der Waals surface area contributed by atoms with E-state index < -0.39 is 5.79 Å². The highest BCUT2D eigenvalue weighted by Crippen LogP contribution is 2.31. The van der Waals surface area contributed by atoms with Gasteiger partial charge >= 0.3 is 0 Å². The Kier molecular flexibility index (Phi) is 6.13. The van der Waals surface area contributed by atoms with Crippen molar-refractivity contribution < 1.29 is 18.6 Å². The van der Waals surface area contributed by atoms with Gasteiger partial charge in [0, 0.05) is 23.8 Å². The molecule has 2 aromatic carbocycles. The molecule has 152 valence electrons. The second-order valence-electron chi connectivity index (χ2n) is 7.09. The fourth-order valence-electron chi connectivity index (χ4n) is 3.36. The molecule has 2 heterocycles. The van der Waals surface area contributed by atoms with E-state index in [1.165, 1.54) is 12.1 Å². The van der Waals surface area contributed by atoms with Gasteiger partial charge < -0.3 is 18.8 Å². The summed E-state index contributed by atoms with van der Waals surface area (Å²) in [5.74, 6) is -0.297. The Balaban J connectivity index is 1.40. The number of hydrogen-bond acceptors (Lipinski definition) is 4. The Hall–Kier alpha value is -2.41. The van der Waals surface area contributed by atoms with Crippen LogP contribution in [-0.2, 0) is 22.4 Å². The lowest BCUT2D eigenvalue weighted by Crippen LogP contribution is -2.37. The molecule has 0 radical (unpaired) electrons. The number of ether oxygens (including phenoxy) is 3. The predicted octanol–water partition coefficient (Wildman–Crippen LogP) is 4.50. The van der Waals surface area contributed by atoms with Crippen LogP contribution in [0.25, 0.3) is 0 Å². The Morgan fingerprint density at radius 1 is 1.17 bits per heavy atom. The average Bonchev–Trinajstić information content (AvgIpc) is 3.38. The molecular weight excluding hydrogens is 395 g/mol. The minimum Gasteiger partial charge on any atom is -0.491 e. The third-order valence-electron chi connectivity index (χ3n) is 4.85. The van der Waals surface area contributed by atoms with E-state index in [1.54, 1.807) is 36.8 Å². The molecule has 0 aliphatic carbocycles. The van der Waals surface area contributed by atoms with Crippen LogP contribution >= 0.6 is 11.6 Å². The fourth-order valence-corrected chi connectivity index (χ4v) is 3.48. The molecule has 7 heteroatoms. The summed E-state index contributed by atoms with van der Waals surface area (Å²) in [6.07, 6.45) is 6.49. The van der Waals surface area contributed by atoms with Crippen LogP contribution in [0.1, 0.15) is 12.0 Å². The monoisotopic (exact) mass is 416 g/mol. The van der Waals surface area contributed by atoms with Crippen molar-refractivity contribution >= 4 is 11.6 Å². The molecule has 0 spiro atoms. The van der Waals surface area contributed by atoms with Crippen molar-refractivity contribution in [2.24, 2.45) is 0 Å². The van der Waals surface area contributed by atoms with Gasteiger partial charge in [-0.2, -0.15) is 0 Å². The summed E-state index contributed by atoms with van der Waals surface area (Å²) < 4.78 is 33.4. The highest BCUT2D eigenvalue weighted by Gasteiger charge is 2.42. The van der Waals surface area contributed by atoms with Gasteiger partial charge in [0.1, 0.15) is 24.3 Å². The van der Waals surface area contributed by atoms with Crippen molar-refractivity contribution in [3.8, 4) is 5.75 Å². The van der Waals surface area contributed by atoms with E-state index in [2.05, 4.69) is 4.98 Å². The summed E-state index contributed by atoms with van der Waals surface area (Å²) in [6, 6.07) is 13.7. The van der Waals surface area contributed by atoms with Gasteiger partial charge in [0.05, 0.1) is 19.5 Å². The lowest BCUT2D eigenvalue weighted by atomic mass is 10.0. The van der Waals surface area contributed by atoms with Crippen molar-refractivity contribution in [3.63, 3.8) is 0 Å². The number of nitrogens with zero attached hydrogens (tertiary/aromatic N) is 2. The van der Waals surface area contributed by atoms with E-state index in [4.69, 9.17) is 25.8 Å². The van der Waals surface area contributed by atoms with Crippen molar-refractivity contribution in [2.75, 3.05) is 13.2 Å². The van der Waals surface area contributed by atoms with E-state index in [1.807, 2.05) is 22.9 Å². The zero-order valence-electron chi connectivity index (χ0n) is 15.8. The maximum Gasteiger partial charge on any atom is 0.187 e. The molecule has 4 rings (SSSR count). The normalized spacial score (nSPS) is 21.4. The number of aryl methyl sites for hydroxylation is 1. The molecule has 1 saturated heterocycles. The fraction of sp³-hybridized carbons (Fsp3) is 0.318. The average molecular weight is 417 g/mol. The molecule has 2 atom stereocenters. The quantitative estimate of drug-likeness (QED) is 0.542. The van der Waals surface area contributed by atoms with Gasteiger partial charge in [-0.1, -0.05) is 23.7 Å². The lowest BCUT2D eigenvalue weighted by Gasteiger charge is -2.28. The van der Waals surface area contributed by atoms with Crippen LogP contribution in [0.3, 0.4) is 0 Å². The van der Waals surface area contributed by atoms with Crippen molar-refractivity contribution in [3.05, 3.63) is 83.7 Å². The van der Waals surface area contributed by atoms with E-state index in [9.17, 15) is 4.39 Å². The first-order valence-electron chi connectivity index (χ1n) is 9.51. The van der Waals surface area contributed by atoms with Gasteiger partial charge in [-0.05, 0) is 48.4 Å². The summed E-state index contributed by atoms with van der Waals surface area (Å²) in [6.45, 7) is 1.33. The molecule has 5 nitrogen and oxygen atoms in total. The smallest absolute Gasteiger partial charge is 0.187 e. The number of benzene rings is 2. The molecule has 29 heavy (non-hydrogen) atoms. The number of rotatable bonds is 8. The first-order valence-corrected chi connectivity index (χ1v) is 9.88. The second kappa shape index (κ2) is 8.95. The highest BCUT2D eigenvalue weighted by atomic mass is 35.5. The van der Waals surface area contributed by atoms with Crippen LogP contribution in [0.5, 0.6) is 5.75 Å². The first kappa shape index (κ1) is 19.9. The molecule has 0 N–H and O–H groups in total. The minimum atomic E-state index is -0.789. The van der Waals surface area contributed by atoms with Crippen LogP contribution in [0.15, 0.2) is 67.3 Å². The number of hydrogen-bond donors (Lipinski definition) is 0. The van der Waals surface area contributed by atoms with E-state index in [0.29, 0.717) is 37.6 Å². The first-order chi connectivity index (χ1) is 14.1. The number of aromatic nitrogens is 2. The maximum absolute atomic E-state index is 13.2. The maximum atomic E-state index is 13.2. The van der Waals surface area contributed by atoms with Crippen LogP contribution in [0, 0.1) is 5.82 Å². The van der Waals surface area contributed by atoms with Crippen LogP contribution in [-0.4, -0.2) is 34.7 Å².